The fourth-order valence-electron chi connectivity index (χ4n) is 3.12. The number of benzene rings is 1. The number of hydrogen-bond donors (Lipinski definition) is 6. The summed E-state index contributed by atoms with van der Waals surface area (Å²) >= 11 is 0. The van der Waals surface area contributed by atoms with Crippen molar-refractivity contribution in [1.82, 2.24) is 4.98 Å². The molecule has 0 aliphatic heterocycles. The molecule has 0 saturated heterocycles. The number of alkyl halides is 3. The number of nitrogens with zero attached hydrogens (tertiary/aromatic N) is 3. The van der Waals surface area contributed by atoms with E-state index in [4.69, 9.17) is 38.2 Å². The zero-order chi connectivity index (χ0) is 28.3. The Morgan fingerprint density at radius 1 is 1.13 bits per heavy atom. The first-order chi connectivity index (χ1) is 17.9. The van der Waals surface area contributed by atoms with Crippen molar-refractivity contribution in [2.75, 3.05) is 5.73 Å². The number of nitrogen functional groups attached to an aromatic ring is 1. The molecular weight excluding hydrogens is 499 g/mol. The molecular formula is C25H30F3N9O. The van der Waals surface area contributed by atoms with Gasteiger partial charge in [-0.2, -0.15) is 18.2 Å². The minimum atomic E-state index is -4.20. The SMILES string of the molecule is C[C@@H](CCCC/C=C(C=N)/C(N)=N/c1cccc(C(=N)OC(N)=Nc2ccc(N)c(C=N)c2)n1)C(F)(F)F. The van der Waals surface area contributed by atoms with Gasteiger partial charge in [-0.25, -0.2) is 9.98 Å². The van der Waals surface area contributed by atoms with Gasteiger partial charge in [-0.3, -0.25) is 5.41 Å². The summed E-state index contributed by atoms with van der Waals surface area (Å²) in [4.78, 5) is 12.4. The van der Waals surface area contributed by atoms with E-state index in [1.807, 2.05) is 0 Å². The van der Waals surface area contributed by atoms with Crippen molar-refractivity contribution in [3.05, 3.63) is 59.3 Å². The molecule has 0 unspecified atom stereocenters. The summed E-state index contributed by atoms with van der Waals surface area (Å²) in [5.74, 6) is -1.63. The predicted octanol–water partition coefficient (Wildman–Crippen LogP) is 4.97. The number of rotatable bonds is 11. The number of aliphatic imine (C=N–C) groups is 2. The summed E-state index contributed by atoms with van der Waals surface area (Å²) in [5.41, 5.74) is 19.2. The van der Waals surface area contributed by atoms with Crippen molar-refractivity contribution in [3.63, 3.8) is 0 Å². The van der Waals surface area contributed by atoms with Crippen LogP contribution in [0.1, 0.15) is 43.9 Å². The molecule has 1 atom stereocenters. The van der Waals surface area contributed by atoms with Gasteiger partial charge in [0.15, 0.2) is 5.82 Å². The third kappa shape index (κ3) is 9.15. The summed E-state index contributed by atoms with van der Waals surface area (Å²) < 4.78 is 43.0. The van der Waals surface area contributed by atoms with E-state index in [1.165, 1.54) is 18.2 Å². The highest BCUT2D eigenvalue weighted by atomic mass is 19.4. The highest BCUT2D eigenvalue weighted by molar-refractivity contribution is 6.14. The molecule has 13 heteroatoms. The first kappa shape index (κ1) is 29.7. The summed E-state index contributed by atoms with van der Waals surface area (Å²) in [7, 11) is 0. The molecule has 0 fully saturated rings. The predicted molar refractivity (Wildman–Crippen MR) is 144 cm³/mol. The number of amidine groups is 2. The molecule has 0 saturated carbocycles. The van der Waals surface area contributed by atoms with E-state index >= 15 is 0 Å². The maximum atomic E-state index is 12.6. The van der Waals surface area contributed by atoms with E-state index in [1.54, 1.807) is 24.3 Å². The third-order valence-electron chi connectivity index (χ3n) is 5.34. The average Bonchev–Trinajstić information content (AvgIpc) is 2.86. The number of nitrogens with one attached hydrogen (secondary N) is 3. The van der Waals surface area contributed by atoms with Crippen LogP contribution in [0.25, 0.3) is 0 Å². The van der Waals surface area contributed by atoms with Crippen LogP contribution in [0.4, 0.5) is 30.4 Å². The molecule has 0 radical (unpaired) electrons. The maximum absolute atomic E-state index is 12.6. The molecule has 0 spiro atoms. The van der Waals surface area contributed by atoms with Crippen molar-refractivity contribution in [1.29, 1.82) is 16.2 Å². The zero-order valence-corrected chi connectivity index (χ0v) is 20.7. The Morgan fingerprint density at radius 2 is 1.87 bits per heavy atom. The minimum absolute atomic E-state index is 0.00723. The van der Waals surface area contributed by atoms with Crippen LogP contribution in [0.3, 0.4) is 0 Å². The molecule has 0 amide bonds. The van der Waals surface area contributed by atoms with Gasteiger partial charge < -0.3 is 32.8 Å². The van der Waals surface area contributed by atoms with Crippen LogP contribution in [0.5, 0.6) is 0 Å². The van der Waals surface area contributed by atoms with E-state index in [0.29, 0.717) is 41.8 Å². The Kier molecular flexibility index (Phi) is 10.7. The minimum Gasteiger partial charge on any atom is -0.405 e. The summed E-state index contributed by atoms with van der Waals surface area (Å²) in [6, 6.07) is 8.96. The Labute approximate surface area is 218 Å². The van der Waals surface area contributed by atoms with Crippen molar-refractivity contribution in [2.45, 2.75) is 38.8 Å². The van der Waals surface area contributed by atoms with Crippen LogP contribution in [0, 0.1) is 22.1 Å². The largest absolute Gasteiger partial charge is 0.405 e. The first-order valence-corrected chi connectivity index (χ1v) is 11.5. The van der Waals surface area contributed by atoms with Gasteiger partial charge in [-0.05, 0) is 49.6 Å². The molecule has 1 heterocycles. The molecule has 0 bridgehead atoms. The fourth-order valence-corrected chi connectivity index (χ4v) is 3.12. The van der Waals surface area contributed by atoms with Crippen LogP contribution in [-0.4, -0.2) is 41.3 Å². The van der Waals surface area contributed by atoms with Crippen molar-refractivity contribution in [3.8, 4) is 0 Å². The summed E-state index contributed by atoms with van der Waals surface area (Å²) in [6.45, 7) is 1.16. The number of halogens is 3. The van der Waals surface area contributed by atoms with Gasteiger partial charge in [0.05, 0.1) is 11.6 Å². The number of nitrogens with two attached hydrogens (primary N) is 3. The van der Waals surface area contributed by atoms with Crippen molar-refractivity contribution < 1.29 is 17.9 Å². The lowest BCUT2D eigenvalue weighted by Crippen LogP contribution is -2.21. The highest BCUT2D eigenvalue weighted by Gasteiger charge is 2.34. The molecule has 1 aromatic carbocycles. The second-order valence-corrected chi connectivity index (χ2v) is 8.25. The van der Waals surface area contributed by atoms with Gasteiger partial charge in [-0.15, -0.1) is 0 Å². The lowest BCUT2D eigenvalue weighted by Gasteiger charge is -2.14. The molecule has 202 valence electrons. The normalized spacial score (nSPS) is 13.6. The Balaban J connectivity index is 2.04. The van der Waals surface area contributed by atoms with Crippen LogP contribution < -0.4 is 17.2 Å². The number of hydrogen-bond acceptors (Lipinski definition) is 8. The van der Waals surface area contributed by atoms with Crippen LogP contribution in [0.2, 0.25) is 0 Å². The smallest absolute Gasteiger partial charge is 0.391 e. The second-order valence-electron chi connectivity index (χ2n) is 8.25. The van der Waals surface area contributed by atoms with Gasteiger partial charge >= 0.3 is 6.18 Å². The maximum Gasteiger partial charge on any atom is 0.391 e. The third-order valence-corrected chi connectivity index (χ3v) is 5.34. The summed E-state index contributed by atoms with van der Waals surface area (Å²) in [5, 5.41) is 23.1. The van der Waals surface area contributed by atoms with Crippen LogP contribution in [0.15, 0.2) is 58.0 Å². The van der Waals surface area contributed by atoms with E-state index < -0.39 is 18.0 Å². The first-order valence-electron chi connectivity index (χ1n) is 11.5. The topological polar surface area (TPSA) is 196 Å². The number of allylic oxidation sites excluding steroid dienone is 1. The highest BCUT2D eigenvalue weighted by Crippen LogP contribution is 2.29. The second kappa shape index (κ2) is 13.7. The number of pyridine rings is 1. The molecule has 0 aliphatic carbocycles. The van der Waals surface area contributed by atoms with Gasteiger partial charge in [-0.1, -0.05) is 25.5 Å². The zero-order valence-electron chi connectivity index (χ0n) is 20.7. The van der Waals surface area contributed by atoms with E-state index in [-0.39, 0.29) is 29.8 Å². The monoisotopic (exact) mass is 529 g/mol. The molecule has 1 aromatic heterocycles. The van der Waals surface area contributed by atoms with Gasteiger partial charge in [0, 0.05) is 29.3 Å². The van der Waals surface area contributed by atoms with E-state index in [2.05, 4.69) is 15.0 Å². The lowest BCUT2D eigenvalue weighted by molar-refractivity contribution is -0.171. The molecule has 0 aliphatic rings. The molecule has 2 aromatic rings. The number of unbranched alkanes of at least 4 members (excludes halogenated alkanes) is 2. The van der Waals surface area contributed by atoms with Crippen LogP contribution in [-0.2, 0) is 4.74 Å². The average molecular weight is 530 g/mol. The standard InChI is InChI=1S/C25H30F3N9O/c1-15(25(26,27)28)6-3-2-4-7-16(13-29)22(32)37-21-9-5-8-20(36-21)23(33)38-24(34)35-18-10-11-19(31)17(12-18)14-30/h5,7-15,29-30,33H,2-4,6,31H2,1H3,(H2,34,35)(H2,32,36,37)/b16-7+,29-13?,30-14?,33-23?/t15-/m0/s1. The summed E-state index contributed by atoms with van der Waals surface area (Å²) in [6.07, 6.45) is 0.887. The number of anilines is 1. The number of ether oxygens (including phenoxy) is 1. The molecule has 10 nitrogen and oxygen atoms in total. The lowest BCUT2D eigenvalue weighted by atomic mass is 10.0. The Bertz CT molecular complexity index is 1250. The molecule has 2 rings (SSSR count). The quantitative estimate of drug-likeness (QED) is 0.103. The Hall–Kier alpha value is -4.55. The fraction of sp³-hybridized carbons (Fsp3) is 0.280. The van der Waals surface area contributed by atoms with Gasteiger partial charge in [0.25, 0.3) is 6.02 Å². The van der Waals surface area contributed by atoms with E-state index in [0.717, 1.165) is 19.4 Å². The van der Waals surface area contributed by atoms with Gasteiger partial charge in [0.1, 0.15) is 11.5 Å². The van der Waals surface area contributed by atoms with Crippen LogP contribution >= 0.6 is 0 Å². The van der Waals surface area contributed by atoms with Crippen molar-refractivity contribution >= 4 is 47.4 Å². The van der Waals surface area contributed by atoms with E-state index in [9.17, 15) is 13.2 Å². The van der Waals surface area contributed by atoms with Crippen molar-refractivity contribution in [2.24, 2.45) is 27.4 Å². The molecule has 9 N–H and O–H groups in total. The Morgan fingerprint density at radius 3 is 2.53 bits per heavy atom. The molecule has 38 heavy (non-hydrogen) atoms. The van der Waals surface area contributed by atoms with Gasteiger partial charge in [0.2, 0.25) is 5.90 Å². The number of aromatic nitrogens is 1.